The van der Waals surface area contributed by atoms with Crippen molar-refractivity contribution >= 4 is 0 Å². The first kappa shape index (κ1) is 17.8. The topological polar surface area (TPSA) is 47.7 Å². The first-order chi connectivity index (χ1) is 10.2. The van der Waals surface area contributed by atoms with Crippen molar-refractivity contribution in [3.05, 3.63) is 23.8 Å². The number of nitrogens with two attached hydrogens (primary N) is 1. The molecular weight excluding hydrogens is 264 g/mol. The molecule has 0 atom stereocenters. The molecule has 0 aliphatic carbocycles. The molecule has 0 aromatic heterocycles. The number of benzene rings is 1. The fourth-order valence-electron chi connectivity index (χ4n) is 2.47. The Bertz CT molecular complexity index is 396. The van der Waals surface area contributed by atoms with Crippen molar-refractivity contribution in [3.63, 3.8) is 0 Å². The molecule has 0 fully saturated rings. The summed E-state index contributed by atoms with van der Waals surface area (Å²) >= 11 is 0. The highest BCUT2D eigenvalue weighted by Gasteiger charge is 2.08. The van der Waals surface area contributed by atoms with Crippen molar-refractivity contribution in [2.45, 2.75) is 32.6 Å². The van der Waals surface area contributed by atoms with Crippen LogP contribution in [0.3, 0.4) is 0 Å². The molecule has 0 aliphatic rings. The zero-order chi connectivity index (χ0) is 15.5. The third-order valence-electron chi connectivity index (χ3n) is 3.66. The summed E-state index contributed by atoms with van der Waals surface area (Å²) in [6.45, 7) is 6.34. The lowest BCUT2D eigenvalue weighted by Crippen LogP contribution is -2.28. The van der Waals surface area contributed by atoms with Crippen LogP contribution in [0.2, 0.25) is 0 Å². The molecule has 0 spiro atoms. The van der Waals surface area contributed by atoms with Crippen LogP contribution in [0.4, 0.5) is 0 Å². The summed E-state index contributed by atoms with van der Waals surface area (Å²) in [4.78, 5) is 2.51. The van der Waals surface area contributed by atoms with Gasteiger partial charge in [-0.15, -0.1) is 0 Å². The molecule has 1 rings (SSSR count). The Morgan fingerprint density at radius 2 is 1.86 bits per heavy atom. The maximum atomic E-state index is 5.57. The van der Waals surface area contributed by atoms with Crippen molar-refractivity contribution in [3.8, 4) is 11.5 Å². The van der Waals surface area contributed by atoms with E-state index in [1.165, 1.54) is 18.4 Å². The maximum Gasteiger partial charge on any atom is 0.125 e. The third kappa shape index (κ3) is 6.36. The zero-order valence-corrected chi connectivity index (χ0v) is 13.7. The molecule has 0 unspecified atom stereocenters. The minimum atomic E-state index is 0.784. The van der Waals surface area contributed by atoms with Gasteiger partial charge in [-0.05, 0) is 56.9 Å². The van der Waals surface area contributed by atoms with Crippen molar-refractivity contribution < 1.29 is 9.47 Å². The minimum Gasteiger partial charge on any atom is -0.497 e. The van der Waals surface area contributed by atoms with Gasteiger partial charge in [0.25, 0.3) is 0 Å². The lowest BCUT2D eigenvalue weighted by atomic mass is 10.1. The molecule has 0 saturated heterocycles. The van der Waals surface area contributed by atoms with E-state index in [4.69, 9.17) is 15.2 Å². The summed E-state index contributed by atoms with van der Waals surface area (Å²) in [5, 5.41) is 0. The highest BCUT2D eigenvalue weighted by Crippen LogP contribution is 2.25. The average Bonchev–Trinajstić information content (AvgIpc) is 2.52. The second kappa shape index (κ2) is 10.5. The normalized spacial score (nSPS) is 10.9. The number of ether oxygens (including phenoxy) is 2. The molecule has 1 aromatic rings. The zero-order valence-electron chi connectivity index (χ0n) is 13.7. The molecule has 0 amide bonds. The standard InChI is InChI=1S/C17H30N2O2/c1-4-11-19(12-6-5-10-18)13-9-15-7-8-16(20-2)14-17(15)21-3/h7-8,14H,4-6,9-13,18H2,1-3H3. The molecular formula is C17H30N2O2. The number of unbranched alkanes of at least 4 members (excludes halogenated alkanes) is 1. The second-order valence-electron chi connectivity index (χ2n) is 5.27. The van der Waals surface area contributed by atoms with E-state index in [9.17, 15) is 0 Å². The molecule has 0 saturated carbocycles. The van der Waals surface area contributed by atoms with E-state index >= 15 is 0 Å². The van der Waals surface area contributed by atoms with Crippen LogP contribution in [-0.2, 0) is 6.42 Å². The molecule has 0 heterocycles. The smallest absolute Gasteiger partial charge is 0.125 e. The Morgan fingerprint density at radius 1 is 1.05 bits per heavy atom. The van der Waals surface area contributed by atoms with Crippen LogP contribution in [0.1, 0.15) is 31.7 Å². The van der Waals surface area contributed by atoms with Crippen LogP contribution in [0.25, 0.3) is 0 Å². The van der Waals surface area contributed by atoms with Crippen LogP contribution in [0, 0.1) is 0 Å². The fourth-order valence-corrected chi connectivity index (χ4v) is 2.47. The largest absolute Gasteiger partial charge is 0.497 e. The third-order valence-corrected chi connectivity index (χ3v) is 3.66. The summed E-state index contributed by atoms with van der Waals surface area (Å²) in [6, 6.07) is 6.05. The lowest BCUT2D eigenvalue weighted by molar-refractivity contribution is 0.271. The first-order valence-corrected chi connectivity index (χ1v) is 7.88. The van der Waals surface area contributed by atoms with E-state index in [1.54, 1.807) is 14.2 Å². The summed E-state index contributed by atoms with van der Waals surface area (Å²) < 4.78 is 10.7. The van der Waals surface area contributed by atoms with Gasteiger partial charge in [-0.2, -0.15) is 0 Å². The van der Waals surface area contributed by atoms with E-state index in [-0.39, 0.29) is 0 Å². The van der Waals surface area contributed by atoms with Gasteiger partial charge in [-0.3, -0.25) is 0 Å². The monoisotopic (exact) mass is 294 g/mol. The summed E-state index contributed by atoms with van der Waals surface area (Å²) in [5.41, 5.74) is 6.81. The number of nitrogens with zero attached hydrogens (tertiary/aromatic N) is 1. The molecule has 1 aromatic carbocycles. The summed E-state index contributed by atoms with van der Waals surface area (Å²) in [7, 11) is 3.39. The Balaban J connectivity index is 2.57. The van der Waals surface area contributed by atoms with Gasteiger partial charge in [0.15, 0.2) is 0 Å². The average molecular weight is 294 g/mol. The van der Waals surface area contributed by atoms with Crippen LogP contribution in [-0.4, -0.2) is 45.3 Å². The SMILES string of the molecule is CCCN(CCCCN)CCc1ccc(OC)cc1OC. The molecule has 4 nitrogen and oxygen atoms in total. The highest BCUT2D eigenvalue weighted by atomic mass is 16.5. The van der Waals surface area contributed by atoms with Crippen molar-refractivity contribution in [1.82, 2.24) is 4.90 Å². The number of methoxy groups -OCH3 is 2. The van der Waals surface area contributed by atoms with Crippen molar-refractivity contribution in [1.29, 1.82) is 0 Å². The molecule has 21 heavy (non-hydrogen) atoms. The van der Waals surface area contributed by atoms with Crippen LogP contribution < -0.4 is 15.2 Å². The molecule has 0 bridgehead atoms. The van der Waals surface area contributed by atoms with Gasteiger partial charge < -0.3 is 20.1 Å². The van der Waals surface area contributed by atoms with Gasteiger partial charge >= 0.3 is 0 Å². The van der Waals surface area contributed by atoms with E-state index in [1.807, 2.05) is 12.1 Å². The van der Waals surface area contributed by atoms with E-state index in [0.29, 0.717) is 0 Å². The highest BCUT2D eigenvalue weighted by molar-refractivity contribution is 5.40. The quantitative estimate of drug-likeness (QED) is 0.638. The summed E-state index contributed by atoms with van der Waals surface area (Å²) in [5.74, 6) is 1.75. The Kier molecular flexibility index (Phi) is 8.87. The van der Waals surface area contributed by atoms with Gasteiger partial charge in [0.1, 0.15) is 11.5 Å². The molecule has 120 valence electrons. The van der Waals surface area contributed by atoms with Crippen molar-refractivity contribution in [2.75, 3.05) is 40.4 Å². The minimum absolute atomic E-state index is 0.784. The predicted octanol–water partition coefficient (Wildman–Crippen LogP) is 2.70. The number of hydrogen-bond donors (Lipinski definition) is 1. The van der Waals surface area contributed by atoms with Gasteiger partial charge in [0, 0.05) is 12.6 Å². The Labute approximate surface area is 129 Å². The number of rotatable bonds is 11. The van der Waals surface area contributed by atoms with Gasteiger partial charge in [-0.1, -0.05) is 13.0 Å². The summed E-state index contributed by atoms with van der Waals surface area (Å²) in [6.07, 6.45) is 4.46. The van der Waals surface area contributed by atoms with Crippen molar-refractivity contribution in [2.24, 2.45) is 5.73 Å². The molecule has 4 heteroatoms. The molecule has 0 aliphatic heterocycles. The van der Waals surface area contributed by atoms with E-state index < -0.39 is 0 Å². The first-order valence-electron chi connectivity index (χ1n) is 7.88. The van der Waals surface area contributed by atoms with Crippen LogP contribution in [0.5, 0.6) is 11.5 Å². The van der Waals surface area contributed by atoms with Gasteiger partial charge in [0.05, 0.1) is 14.2 Å². The predicted molar refractivity (Wildman–Crippen MR) is 88.3 cm³/mol. The van der Waals surface area contributed by atoms with E-state index in [0.717, 1.165) is 50.5 Å². The van der Waals surface area contributed by atoms with Crippen LogP contribution >= 0.6 is 0 Å². The Hall–Kier alpha value is -1.26. The van der Waals surface area contributed by atoms with Gasteiger partial charge in [0.2, 0.25) is 0 Å². The van der Waals surface area contributed by atoms with Crippen LogP contribution in [0.15, 0.2) is 18.2 Å². The van der Waals surface area contributed by atoms with E-state index in [2.05, 4.69) is 17.9 Å². The van der Waals surface area contributed by atoms with Gasteiger partial charge in [-0.25, -0.2) is 0 Å². The Morgan fingerprint density at radius 3 is 2.48 bits per heavy atom. The second-order valence-corrected chi connectivity index (χ2v) is 5.27. The number of hydrogen-bond acceptors (Lipinski definition) is 4. The fraction of sp³-hybridized carbons (Fsp3) is 0.647. The lowest BCUT2D eigenvalue weighted by Gasteiger charge is -2.22. The molecule has 0 radical (unpaired) electrons. The maximum absolute atomic E-state index is 5.57. The molecule has 2 N–H and O–H groups in total.